The van der Waals surface area contributed by atoms with Crippen molar-refractivity contribution < 1.29 is 19.1 Å². The van der Waals surface area contributed by atoms with E-state index < -0.39 is 11.4 Å². The first-order valence-corrected chi connectivity index (χ1v) is 11.3. The lowest BCUT2D eigenvalue weighted by Crippen LogP contribution is -2.54. The van der Waals surface area contributed by atoms with Crippen molar-refractivity contribution in [3.63, 3.8) is 0 Å². The van der Waals surface area contributed by atoms with Gasteiger partial charge >= 0.3 is 5.97 Å². The molecule has 7 heteroatoms. The summed E-state index contributed by atoms with van der Waals surface area (Å²) in [6.45, 7) is 3.96. The van der Waals surface area contributed by atoms with E-state index in [4.69, 9.17) is 10.5 Å². The molecule has 2 aliphatic heterocycles. The molecule has 5 rings (SSSR count). The molecule has 1 aliphatic carbocycles. The molecule has 0 saturated carbocycles. The van der Waals surface area contributed by atoms with Crippen LogP contribution in [0.1, 0.15) is 36.0 Å². The van der Waals surface area contributed by atoms with Crippen LogP contribution in [0.4, 0.5) is 11.4 Å². The van der Waals surface area contributed by atoms with Crippen LogP contribution in [0.15, 0.2) is 65.1 Å². The van der Waals surface area contributed by atoms with Crippen LogP contribution >= 0.6 is 0 Å². The molecule has 0 radical (unpaired) electrons. The molecule has 1 amide bonds. The number of carbonyl (C=O) groups is 3. The molecule has 174 valence electrons. The van der Waals surface area contributed by atoms with Crippen LogP contribution in [0, 0.1) is 13.8 Å². The van der Waals surface area contributed by atoms with Crippen molar-refractivity contribution in [1.29, 1.82) is 0 Å². The maximum atomic E-state index is 14.1. The maximum absolute atomic E-state index is 14.1. The molecule has 2 aromatic carbocycles. The number of para-hydroxylation sites is 1. The standard InChI is InChI=1S/C27H27N3O4/c1-15-12-16(2)14-17(13-15)30-20-10-7-11-21(31)22(20)27(23(24(30)28)25(32)34-4)18-8-5-6-9-19(18)29(3)26(27)33/h5-6,8-9,12-14H,7,10-11,28H2,1-4H3. The normalized spacial score (nSPS) is 21.9. The Morgan fingerprint density at radius 2 is 1.74 bits per heavy atom. The zero-order valence-corrected chi connectivity index (χ0v) is 19.8. The number of benzene rings is 2. The summed E-state index contributed by atoms with van der Waals surface area (Å²) >= 11 is 0. The minimum absolute atomic E-state index is 0.00930. The van der Waals surface area contributed by atoms with Gasteiger partial charge in [0.15, 0.2) is 5.78 Å². The summed E-state index contributed by atoms with van der Waals surface area (Å²) in [5, 5.41) is 0. The van der Waals surface area contributed by atoms with Crippen LogP contribution in [0.3, 0.4) is 0 Å². The number of rotatable bonds is 2. The Morgan fingerprint density at radius 1 is 1.06 bits per heavy atom. The number of ether oxygens (including phenoxy) is 1. The van der Waals surface area contributed by atoms with Crippen LogP contribution in [-0.4, -0.2) is 31.8 Å². The van der Waals surface area contributed by atoms with Gasteiger partial charge in [0, 0.05) is 41.7 Å². The van der Waals surface area contributed by atoms with Crippen molar-refractivity contribution in [2.24, 2.45) is 5.73 Å². The number of allylic oxidation sites excluding steroid dienone is 1. The molecule has 3 aliphatic rings. The SMILES string of the molecule is COC(=O)C1=C(N)N(c2cc(C)cc(C)c2)C2=C(C(=O)CCC2)C12C(=O)N(C)c1ccccc12. The highest BCUT2D eigenvalue weighted by Crippen LogP contribution is 2.56. The van der Waals surface area contributed by atoms with Crippen molar-refractivity contribution in [3.8, 4) is 0 Å². The minimum Gasteiger partial charge on any atom is -0.466 e. The Hall–Kier alpha value is -3.87. The molecule has 0 bridgehead atoms. The number of fused-ring (bicyclic) bond motifs is 3. The number of amides is 1. The van der Waals surface area contributed by atoms with E-state index in [9.17, 15) is 14.4 Å². The number of hydrogen-bond donors (Lipinski definition) is 1. The monoisotopic (exact) mass is 457 g/mol. The molecule has 1 unspecified atom stereocenters. The average Bonchev–Trinajstić information content (AvgIpc) is 3.01. The number of aryl methyl sites for hydroxylation is 2. The number of esters is 1. The summed E-state index contributed by atoms with van der Waals surface area (Å²) in [7, 11) is 2.92. The van der Waals surface area contributed by atoms with E-state index in [-0.39, 0.29) is 23.1 Å². The largest absolute Gasteiger partial charge is 0.466 e. The highest BCUT2D eigenvalue weighted by molar-refractivity contribution is 6.24. The van der Waals surface area contributed by atoms with Crippen LogP contribution < -0.4 is 15.5 Å². The molecule has 1 spiro atoms. The Bertz CT molecular complexity index is 1320. The van der Waals surface area contributed by atoms with Gasteiger partial charge < -0.3 is 15.4 Å². The van der Waals surface area contributed by atoms with Gasteiger partial charge in [-0.1, -0.05) is 24.3 Å². The van der Waals surface area contributed by atoms with Crippen molar-refractivity contribution in [2.75, 3.05) is 24.0 Å². The van der Waals surface area contributed by atoms with Crippen molar-refractivity contribution in [1.82, 2.24) is 0 Å². The van der Waals surface area contributed by atoms with Gasteiger partial charge in [-0.15, -0.1) is 0 Å². The van der Waals surface area contributed by atoms with Crippen LogP contribution in [0.5, 0.6) is 0 Å². The third kappa shape index (κ3) is 2.73. The van der Waals surface area contributed by atoms with Crippen LogP contribution in [-0.2, 0) is 24.5 Å². The quantitative estimate of drug-likeness (QED) is 0.695. The van der Waals surface area contributed by atoms with Gasteiger partial charge in [-0.2, -0.15) is 0 Å². The van der Waals surface area contributed by atoms with Crippen molar-refractivity contribution in [3.05, 3.63) is 81.8 Å². The number of Topliss-reactive ketones (excluding diaryl/α,β-unsaturated/α-hetero) is 1. The molecule has 34 heavy (non-hydrogen) atoms. The highest BCUT2D eigenvalue weighted by Gasteiger charge is 2.63. The summed E-state index contributed by atoms with van der Waals surface area (Å²) in [5.41, 5.74) is 10.2. The zero-order chi connectivity index (χ0) is 24.4. The van der Waals surface area contributed by atoms with E-state index in [2.05, 4.69) is 0 Å². The van der Waals surface area contributed by atoms with E-state index in [1.807, 2.05) is 50.2 Å². The van der Waals surface area contributed by atoms with Gasteiger partial charge in [0.2, 0.25) is 5.91 Å². The Labute approximate surface area is 198 Å². The second-order valence-electron chi connectivity index (χ2n) is 9.16. The van der Waals surface area contributed by atoms with Crippen molar-refractivity contribution in [2.45, 2.75) is 38.5 Å². The minimum atomic E-state index is -1.63. The molecule has 1 atom stereocenters. The lowest BCUT2D eigenvalue weighted by Gasteiger charge is -2.44. The first-order valence-electron chi connectivity index (χ1n) is 11.3. The molecule has 2 aromatic rings. The van der Waals surface area contributed by atoms with E-state index in [0.717, 1.165) is 16.8 Å². The predicted octanol–water partition coefficient (Wildman–Crippen LogP) is 3.39. The molecule has 2 heterocycles. The topological polar surface area (TPSA) is 92.9 Å². The number of hydrogen-bond acceptors (Lipinski definition) is 6. The predicted molar refractivity (Wildman–Crippen MR) is 129 cm³/mol. The zero-order valence-electron chi connectivity index (χ0n) is 19.8. The molecule has 7 nitrogen and oxygen atoms in total. The van der Waals surface area contributed by atoms with Gasteiger partial charge in [-0.25, -0.2) is 4.79 Å². The Kier molecular flexibility index (Phi) is 4.90. The number of nitrogens with two attached hydrogens (primary N) is 1. The van der Waals surface area contributed by atoms with E-state index in [1.54, 1.807) is 18.0 Å². The van der Waals surface area contributed by atoms with Gasteiger partial charge in [-0.3, -0.25) is 14.5 Å². The molecule has 2 N–H and O–H groups in total. The lowest BCUT2D eigenvalue weighted by molar-refractivity contribution is -0.138. The smallest absolute Gasteiger partial charge is 0.339 e. The number of likely N-dealkylation sites (N-methyl/N-ethyl adjacent to an activating group) is 1. The number of carbonyl (C=O) groups excluding carboxylic acids is 3. The molecule has 0 saturated heterocycles. The number of nitrogens with zero attached hydrogens (tertiary/aromatic N) is 2. The Balaban J connectivity index is 1.93. The van der Waals surface area contributed by atoms with E-state index >= 15 is 0 Å². The number of anilines is 2. The first kappa shape index (κ1) is 21.9. The second-order valence-corrected chi connectivity index (χ2v) is 9.16. The Morgan fingerprint density at radius 3 is 2.41 bits per heavy atom. The summed E-state index contributed by atoms with van der Waals surface area (Å²) in [6, 6.07) is 13.2. The summed E-state index contributed by atoms with van der Waals surface area (Å²) in [6.07, 6.45) is 1.50. The molecular weight excluding hydrogens is 430 g/mol. The lowest BCUT2D eigenvalue weighted by atomic mass is 9.63. The third-order valence-electron chi connectivity index (χ3n) is 7.05. The van der Waals surface area contributed by atoms with Gasteiger partial charge in [-0.05, 0) is 56.0 Å². The fourth-order valence-corrected chi connectivity index (χ4v) is 5.83. The third-order valence-corrected chi connectivity index (χ3v) is 7.05. The molecule has 0 fully saturated rings. The van der Waals surface area contributed by atoms with Crippen LogP contribution in [0.25, 0.3) is 0 Å². The maximum Gasteiger partial charge on any atom is 0.339 e. The van der Waals surface area contributed by atoms with E-state index in [1.165, 1.54) is 12.0 Å². The second kappa shape index (κ2) is 7.58. The van der Waals surface area contributed by atoms with Crippen LogP contribution in [0.2, 0.25) is 0 Å². The fourth-order valence-electron chi connectivity index (χ4n) is 5.83. The van der Waals surface area contributed by atoms with E-state index in [0.29, 0.717) is 41.8 Å². The van der Waals surface area contributed by atoms with Gasteiger partial charge in [0.05, 0.1) is 7.11 Å². The first-order chi connectivity index (χ1) is 16.2. The number of ketones is 1. The number of methoxy groups -OCH3 is 1. The summed E-state index contributed by atoms with van der Waals surface area (Å²) in [5.74, 6) is -1.14. The summed E-state index contributed by atoms with van der Waals surface area (Å²) < 4.78 is 5.18. The van der Waals surface area contributed by atoms with Crippen molar-refractivity contribution >= 4 is 29.0 Å². The highest BCUT2D eigenvalue weighted by atomic mass is 16.5. The summed E-state index contributed by atoms with van der Waals surface area (Å²) in [4.78, 5) is 44.4. The van der Waals surface area contributed by atoms with Gasteiger partial charge in [0.1, 0.15) is 16.8 Å². The average molecular weight is 458 g/mol. The molecular formula is C27H27N3O4. The fraction of sp³-hybridized carbons (Fsp3) is 0.296. The van der Waals surface area contributed by atoms with Gasteiger partial charge in [0.25, 0.3) is 0 Å². The molecule has 0 aromatic heterocycles.